The zero-order chi connectivity index (χ0) is 40.1. The lowest BCUT2D eigenvalue weighted by molar-refractivity contribution is 0.972. The summed E-state index contributed by atoms with van der Waals surface area (Å²) in [6, 6.07) is 6.36. The van der Waals surface area contributed by atoms with Crippen molar-refractivity contribution < 1.29 is 0 Å². The summed E-state index contributed by atoms with van der Waals surface area (Å²) in [6.45, 7) is 53.6. The zero-order valence-electron chi connectivity index (χ0n) is 37.1. The standard InChI is InChI=1S/C23H26.C7H14.2C3H8.5C2H6.CH5N/c1-7-20-10-8-9-11-21(20)19(6)15-22(16(2)3)23-14-17(4)12-13-18(23)5;1-4-7(5-2)6-3;2*1-3-2;6*1-2/h7,10-15H,1-2,5,8-9H2,3-4,6H3;4H,5-6H2,1-3H3;2*3H2,1-2H3;5*1-2H3;2H2,1H3/b19-15+,23-22+;;;;;;;;;. The largest absolute Gasteiger partial charge is 0.333 e. The lowest BCUT2D eigenvalue weighted by Crippen LogP contribution is -2.25. The van der Waals surface area contributed by atoms with E-state index in [-0.39, 0.29) is 0 Å². The van der Waals surface area contributed by atoms with Crippen molar-refractivity contribution in [3.05, 3.63) is 106 Å². The van der Waals surface area contributed by atoms with Crippen molar-refractivity contribution in [1.29, 1.82) is 0 Å². The van der Waals surface area contributed by atoms with E-state index in [9.17, 15) is 0 Å². The Hall–Kier alpha value is -2.64. The Bertz CT molecular complexity index is 1020. The van der Waals surface area contributed by atoms with E-state index in [4.69, 9.17) is 0 Å². The van der Waals surface area contributed by atoms with E-state index in [2.05, 4.69) is 137 Å². The van der Waals surface area contributed by atoms with Gasteiger partial charge in [0.05, 0.1) is 0 Å². The SMILES string of the molecule is C=CC1=CCCC=C1/C(C)=C/C(C(=C)C)=c1/cc(C)ccc1=C.CC.CC.CC.CC.CC.CC=C(CC)CC.CCC.CCC.CN. The van der Waals surface area contributed by atoms with Gasteiger partial charge in [0.2, 0.25) is 0 Å². The molecule has 48 heavy (non-hydrogen) atoms. The minimum absolute atomic E-state index is 1.04. The minimum Gasteiger partial charge on any atom is -0.333 e. The summed E-state index contributed by atoms with van der Waals surface area (Å²) in [4.78, 5) is 0. The van der Waals surface area contributed by atoms with Crippen LogP contribution in [0.15, 0.2) is 89.6 Å². The van der Waals surface area contributed by atoms with Crippen LogP contribution in [0.1, 0.15) is 176 Å². The van der Waals surface area contributed by atoms with E-state index in [1.54, 1.807) is 5.57 Å². The molecule has 1 aromatic rings. The monoisotopic (exact) mass is 670 g/mol. The van der Waals surface area contributed by atoms with E-state index in [1.165, 1.54) is 55.0 Å². The third-order valence-electron chi connectivity index (χ3n) is 5.53. The highest BCUT2D eigenvalue weighted by molar-refractivity contribution is 5.74. The molecule has 0 fully saturated rings. The third-order valence-corrected chi connectivity index (χ3v) is 5.53. The zero-order valence-corrected chi connectivity index (χ0v) is 37.1. The van der Waals surface area contributed by atoms with E-state index in [1.807, 2.05) is 75.3 Å². The number of hydrogen-bond donors (Lipinski definition) is 1. The molecule has 0 aliphatic heterocycles. The molecule has 0 amide bonds. The summed E-state index contributed by atoms with van der Waals surface area (Å²) in [7, 11) is 1.50. The Morgan fingerprint density at radius 2 is 1.15 bits per heavy atom. The van der Waals surface area contributed by atoms with Gasteiger partial charge in [0.1, 0.15) is 0 Å². The van der Waals surface area contributed by atoms with Crippen molar-refractivity contribution in [1.82, 2.24) is 0 Å². The van der Waals surface area contributed by atoms with Crippen molar-refractivity contribution in [2.45, 2.75) is 177 Å². The normalized spacial score (nSPS) is 10.6. The molecule has 1 aliphatic rings. The van der Waals surface area contributed by atoms with Crippen LogP contribution in [-0.4, -0.2) is 7.05 Å². The summed E-state index contributed by atoms with van der Waals surface area (Å²) in [5, 5.41) is 2.20. The van der Waals surface area contributed by atoms with Gasteiger partial charge >= 0.3 is 0 Å². The molecule has 1 nitrogen and oxygen atoms in total. The fraction of sp³-hybridized carbons (Fsp3) is 0.574. The predicted octanol–water partition coefficient (Wildman–Crippen LogP) is 15.2. The van der Waals surface area contributed by atoms with Gasteiger partial charge in [-0.3, -0.25) is 0 Å². The molecule has 0 unspecified atom stereocenters. The molecule has 1 aromatic carbocycles. The number of allylic oxidation sites excluding steroid dienone is 10. The maximum absolute atomic E-state index is 4.50. The Morgan fingerprint density at radius 1 is 0.750 bits per heavy atom. The van der Waals surface area contributed by atoms with Gasteiger partial charge in [0.25, 0.3) is 0 Å². The molecular weight excluding hydrogens is 579 g/mol. The van der Waals surface area contributed by atoms with Crippen LogP contribution in [0.25, 0.3) is 12.2 Å². The first-order valence-corrected chi connectivity index (χ1v) is 19.5. The van der Waals surface area contributed by atoms with Crippen molar-refractivity contribution >= 4 is 12.2 Å². The van der Waals surface area contributed by atoms with Crippen LogP contribution in [0.3, 0.4) is 0 Å². The van der Waals surface area contributed by atoms with Crippen LogP contribution >= 0.6 is 0 Å². The molecule has 0 radical (unpaired) electrons. The van der Waals surface area contributed by atoms with Crippen LogP contribution in [0, 0.1) is 6.92 Å². The molecule has 0 aromatic heterocycles. The van der Waals surface area contributed by atoms with Crippen LogP contribution in [0.5, 0.6) is 0 Å². The third kappa shape index (κ3) is 37.8. The van der Waals surface area contributed by atoms with E-state index >= 15 is 0 Å². The maximum Gasteiger partial charge on any atom is -0.0112 e. The van der Waals surface area contributed by atoms with E-state index in [0.717, 1.165) is 34.4 Å². The first-order valence-electron chi connectivity index (χ1n) is 19.5. The summed E-state index contributed by atoms with van der Waals surface area (Å²) >= 11 is 0. The molecule has 0 atom stereocenters. The fourth-order valence-corrected chi connectivity index (χ4v) is 3.60. The molecule has 1 aliphatic carbocycles. The van der Waals surface area contributed by atoms with Gasteiger partial charge in [-0.1, -0.05) is 209 Å². The number of aryl methyl sites for hydroxylation is 1. The van der Waals surface area contributed by atoms with Crippen molar-refractivity contribution in [2.24, 2.45) is 5.73 Å². The highest BCUT2D eigenvalue weighted by atomic mass is 14.4. The minimum atomic E-state index is 1.04. The first kappa shape index (κ1) is 64.0. The number of nitrogens with two attached hydrogens (primary N) is 1. The highest BCUT2D eigenvalue weighted by Gasteiger charge is 2.09. The lowest BCUT2D eigenvalue weighted by Gasteiger charge is -2.15. The quantitative estimate of drug-likeness (QED) is 0.300. The number of rotatable bonds is 6. The van der Waals surface area contributed by atoms with Crippen molar-refractivity contribution in [2.75, 3.05) is 7.05 Å². The van der Waals surface area contributed by atoms with Gasteiger partial charge in [-0.15, -0.1) is 0 Å². The van der Waals surface area contributed by atoms with E-state index < -0.39 is 0 Å². The Balaban J connectivity index is -0.0000000884. The average molecular weight is 670 g/mol. The molecule has 0 saturated carbocycles. The van der Waals surface area contributed by atoms with Crippen molar-refractivity contribution in [3.63, 3.8) is 0 Å². The summed E-state index contributed by atoms with van der Waals surface area (Å²) < 4.78 is 0. The molecule has 0 heterocycles. The molecule has 2 N–H and O–H groups in total. The lowest BCUT2D eigenvalue weighted by atomic mass is 9.90. The molecule has 0 spiro atoms. The van der Waals surface area contributed by atoms with Crippen LogP contribution in [0.2, 0.25) is 0 Å². The summed E-state index contributed by atoms with van der Waals surface area (Å²) in [5.74, 6) is 0. The molecule has 1 heteroatoms. The van der Waals surface area contributed by atoms with Crippen LogP contribution in [0.4, 0.5) is 0 Å². The van der Waals surface area contributed by atoms with Crippen LogP contribution < -0.4 is 16.2 Å². The summed E-state index contributed by atoms with van der Waals surface area (Å²) in [6.07, 6.45) is 18.1. The Labute approximate surface area is 306 Å². The predicted molar refractivity (Wildman–Crippen MR) is 237 cm³/mol. The van der Waals surface area contributed by atoms with Gasteiger partial charge in [-0.25, -0.2) is 0 Å². The van der Waals surface area contributed by atoms with Gasteiger partial charge in [0.15, 0.2) is 0 Å². The molecule has 0 saturated heterocycles. The van der Waals surface area contributed by atoms with E-state index in [0.29, 0.717) is 0 Å². The van der Waals surface area contributed by atoms with Gasteiger partial charge < -0.3 is 5.73 Å². The molecular formula is C47H91N. The number of hydrogen-bond acceptors (Lipinski definition) is 1. The topological polar surface area (TPSA) is 26.0 Å². The molecule has 0 bridgehead atoms. The second-order valence-corrected chi connectivity index (χ2v) is 9.31. The molecule has 2 rings (SSSR count). The van der Waals surface area contributed by atoms with Crippen molar-refractivity contribution in [3.8, 4) is 0 Å². The second kappa shape index (κ2) is 56.7. The fourth-order valence-electron chi connectivity index (χ4n) is 3.60. The van der Waals surface area contributed by atoms with Gasteiger partial charge in [-0.2, -0.15) is 0 Å². The summed E-state index contributed by atoms with van der Waals surface area (Å²) in [5.41, 5.74) is 13.3. The Kier molecular flexibility index (Phi) is 75.5. The first-order chi connectivity index (χ1) is 23.1. The number of benzene rings is 1. The highest BCUT2D eigenvalue weighted by Crippen LogP contribution is 2.27. The molecule has 284 valence electrons. The van der Waals surface area contributed by atoms with Gasteiger partial charge in [0, 0.05) is 0 Å². The second-order valence-electron chi connectivity index (χ2n) is 9.31. The smallest absolute Gasteiger partial charge is 0.0112 e. The maximum atomic E-state index is 4.50. The Morgan fingerprint density at radius 3 is 1.46 bits per heavy atom. The van der Waals surface area contributed by atoms with Gasteiger partial charge in [-0.05, 0) is 93.2 Å². The average Bonchev–Trinajstić information content (AvgIpc) is 3.15. The van der Waals surface area contributed by atoms with Crippen LogP contribution in [-0.2, 0) is 0 Å².